The van der Waals surface area contributed by atoms with E-state index in [9.17, 15) is 4.79 Å². The van der Waals surface area contributed by atoms with Crippen LogP contribution in [0.5, 0.6) is 17.2 Å². The van der Waals surface area contributed by atoms with Gasteiger partial charge in [0.25, 0.3) is 5.91 Å². The van der Waals surface area contributed by atoms with Crippen LogP contribution in [0, 0.1) is 0 Å². The van der Waals surface area contributed by atoms with Crippen LogP contribution >= 0.6 is 0 Å². The number of nitrogens with one attached hydrogen (secondary N) is 1. The van der Waals surface area contributed by atoms with Gasteiger partial charge in [-0.1, -0.05) is 6.07 Å². The highest BCUT2D eigenvalue weighted by Crippen LogP contribution is 2.28. The molecule has 5 nitrogen and oxygen atoms in total. The first-order valence-electron chi connectivity index (χ1n) is 8.02. The Kier molecular flexibility index (Phi) is 6.46. The van der Waals surface area contributed by atoms with Crippen LogP contribution in [0.25, 0.3) is 6.08 Å². The van der Waals surface area contributed by atoms with Crippen molar-refractivity contribution in [3.8, 4) is 17.2 Å². The van der Waals surface area contributed by atoms with Crippen molar-refractivity contribution in [3.05, 3.63) is 53.6 Å². The van der Waals surface area contributed by atoms with E-state index in [1.54, 1.807) is 27.2 Å². The minimum atomic E-state index is -0.168. The lowest BCUT2D eigenvalue weighted by molar-refractivity contribution is -0.112. The molecule has 0 aliphatic heterocycles. The summed E-state index contributed by atoms with van der Waals surface area (Å²) >= 11 is 0. The first kappa shape index (κ1) is 18.4. The van der Waals surface area contributed by atoms with Crippen LogP contribution < -0.4 is 19.5 Å². The minimum absolute atomic E-state index is 0.168. The molecule has 0 saturated heterocycles. The van der Waals surface area contributed by atoms with Crippen LogP contribution in [0.1, 0.15) is 19.4 Å². The highest BCUT2D eigenvalue weighted by atomic mass is 16.5. The average molecular weight is 341 g/mol. The predicted molar refractivity (Wildman–Crippen MR) is 99.4 cm³/mol. The molecule has 0 heterocycles. The van der Waals surface area contributed by atoms with Crippen molar-refractivity contribution >= 4 is 17.7 Å². The zero-order valence-corrected chi connectivity index (χ0v) is 15.0. The third kappa shape index (κ3) is 5.01. The largest absolute Gasteiger partial charge is 0.494 e. The molecule has 0 fully saturated rings. The molecule has 25 heavy (non-hydrogen) atoms. The Morgan fingerprint density at radius 2 is 1.72 bits per heavy atom. The van der Waals surface area contributed by atoms with Gasteiger partial charge in [-0.3, -0.25) is 4.79 Å². The van der Waals surface area contributed by atoms with E-state index < -0.39 is 0 Å². The molecule has 2 aromatic rings. The van der Waals surface area contributed by atoms with Crippen LogP contribution in [-0.4, -0.2) is 26.7 Å². The molecule has 0 spiro atoms. The maximum absolute atomic E-state index is 12.3. The molecule has 0 aliphatic carbocycles. The quantitative estimate of drug-likeness (QED) is 0.769. The number of anilines is 1. The lowest BCUT2D eigenvalue weighted by Crippen LogP contribution is -2.12. The molecule has 1 N–H and O–H groups in total. The molecule has 0 aliphatic rings. The highest BCUT2D eigenvalue weighted by Gasteiger charge is 2.07. The van der Waals surface area contributed by atoms with Gasteiger partial charge >= 0.3 is 0 Å². The summed E-state index contributed by atoms with van der Waals surface area (Å²) < 4.78 is 15.9. The van der Waals surface area contributed by atoms with Crippen molar-refractivity contribution in [2.45, 2.75) is 13.8 Å². The molecule has 1 amide bonds. The van der Waals surface area contributed by atoms with E-state index in [-0.39, 0.29) is 5.91 Å². The second kappa shape index (κ2) is 8.78. The van der Waals surface area contributed by atoms with Crippen molar-refractivity contribution in [1.29, 1.82) is 0 Å². The van der Waals surface area contributed by atoms with E-state index >= 15 is 0 Å². The second-order valence-electron chi connectivity index (χ2n) is 5.35. The lowest BCUT2D eigenvalue weighted by Gasteiger charge is -2.09. The number of benzene rings is 2. The number of ether oxygens (including phenoxy) is 3. The van der Waals surface area contributed by atoms with Gasteiger partial charge in [0.15, 0.2) is 11.5 Å². The van der Waals surface area contributed by atoms with Crippen LogP contribution in [0.3, 0.4) is 0 Å². The van der Waals surface area contributed by atoms with E-state index in [0.29, 0.717) is 29.4 Å². The SMILES string of the molecule is CCOc1ccc(NC(=O)/C(C)=C/c2ccc(OC)c(OC)c2)cc1. The summed E-state index contributed by atoms with van der Waals surface area (Å²) in [6, 6.07) is 12.8. The number of hydrogen-bond acceptors (Lipinski definition) is 4. The molecule has 0 bridgehead atoms. The number of hydrogen-bond donors (Lipinski definition) is 1. The van der Waals surface area contributed by atoms with Crippen LogP contribution in [0.2, 0.25) is 0 Å². The van der Waals surface area contributed by atoms with Crippen molar-refractivity contribution < 1.29 is 19.0 Å². The predicted octanol–water partition coefficient (Wildman–Crippen LogP) is 4.14. The Hall–Kier alpha value is -2.95. The Morgan fingerprint density at radius 3 is 2.32 bits per heavy atom. The third-order valence-electron chi connectivity index (χ3n) is 3.57. The fourth-order valence-electron chi connectivity index (χ4n) is 2.29. The number of amides is 1. The van der Waals surface area contributed by atoms with Crippen molar-refractivity contribution in [2.75, 3.05) is 26.1 Å². The van der Waals surface area contributed by atoms with Gasteiger partial charge < -0.3 is 19.5 Å². The Balaban J connectivity index is 2.09. The summed E-state index contributed by atoms with van der Waals surface area (Å²) in [4.78, 5) is 12.3. The topological polar surface area (TPSA) is 56.8 Å². The second-order valence-corrected chi connectivity index (χ2v) is 5.35. The summed E-state index contributed by atoms with van der Waals surface area (Å²) in [7, 11) is 3.17. The number of methoxy groups -OCH3 is 2. The van der Waals surface area contributed by atoms with Gasteiger partial charge in [0, 0.05) is 11.3 Å². The first-order chi connectivity index (χ1) is 12.1. The average Bonchev–Trinajstić information content (AvgIpc) is 2.63. The smallest absolute Gasteiger partial charge is 0.251 e. The Labute approximate surface area is 148 Å². The molecule has 0 radical (unpaired) electrons. The van der Waals surface area contributed by atoms with E-state index in [1.807, 2.05) is 49.4 Å². The maximum Gasteiger partial charge on any atom is 0.251 e. The molecule has 0 unspecified atom stereocenters. The Bertz CT molecular complexity index is 751. The van der Waals surface area contributed by atoms with E-state index in [4.69, 9.17) is 14.2 Å². The van der Waals surface area contributed by atoms with Gasteiger partial charge in [-0.05, 0) is 61.9 Å². The standard InChI is InChI=1S/C20H23NO4/c1-5-25-17-9-7-16(8-10-17)21-20(22)14(2)12-15-6-11-18(23-3)19(13-15)24-4/h6-13H,5H2,1-4H3,(H,21,22)/b14-12+. The number of carbonyl (C=O) groups is 1. The van der Waals surface area contributed by atoms with E-state index in [0.717, 1.165) is 11.3 Å². The van der Waals surface area contributed by atoms with Crippen molar-refractivity contribution in [2.24, 2.45) is 0 Å². The molecule has 0 aromatic heterocycles. The van der Waals surface area contributed by atoms with Crippen molar-refractivity contribution in [3.63, 3.8) is 0 Å². The molecule has 0 saturated carbocycles. The summed E-state index contributed by atoms with van der Waals surface area (Å²) in [5.41, 5.74) is 2.16. The molecular weight excluding hydrogens is 318 g/mol. The van der Waals surface area contributed by atoms with Gasteiger partial charge in [-0.25, -0.2) is 0 Å². The molecular formula is C20H23NO4. The molecule has 2 rings (SSSR count). The summed E-state index contributed by atoms with van der Waals surface area (Å²) in [5.74, 6) is 1.88. The van der Waals surface area contributed by atoms with Gasteiger partial charge in [0.1, 0.15) is 5.75 Å². The van der Waals surface area contributed by atoms with Gasteiger partial charge in [0.2, 0.25) is 0 Å². The summed E-state index contributed by atoms with van der Waals surface area (Å²) in [6.45, 7) is 4.30. The van der Waals surface area contributed by atoms with Crippen LogP contribution in [0.4, 0.5) is 5.69 Å². The third-order valence-corrected chi connectivity index (χ3v) is 3.57. The van der Waals surface area contributed by atoms with Crippen LogP contribution in [0.15, 0.2) is 48.0 Å². The van der Waals surface area contributed by atoms with Gasteiger partial charge in [-0.2, -0.15) is 0 Å². The zero-order chi connectivity index (χ0) is 18.2. The molecule has 132 valence electrons. The fraction of sp³-hybridized carbons (Fsp3) is 0.250. The highest BCUT2D eigenvalue weighted by molar-refractivity contribution is 6.06. The lowest BCUT2D eigenvalue weighted by atomic mass is 10.1. The molecule has 5 heteroatoms. The zero-order valence-electron chi connectivity index (χ0n) is 15.0. The molecule has 0 atom stereocenters. The number of carbonyl (C=O) groups excluding carboxylic acids is 1. The minimum Gasteiger partial charge on any atom is -0.494 e. The number of rotatable bonds is 7. The first-order valence-corrected chi connectivity index (χ1v) is 8.02. The summed E-state index contributed by atoms with van der Waals surface area (Å²) in [6.07, 6.45) is 1.80. The fourth-order valence-corrected chi connectivity index (χ4v) is 2.29. The van der Waals surface area contributed by atoms with E-state index in [2.05, 4.69) is 5.32 Å². The molecule has 2 aromatic carbocycles. The Morgan fingerprint density at radius 1 is 1.04 bits per heavy atom. The van der Waals surface area contributed by atoms with Gasteiger partial charge in [-0.15, -0.1) is 0 Å². The summed E-state index contributed by atoms with van der Waals surface area (Å²) in [5, 5.41) is 2.86. The normalized spacial score (nSPS) is 11.0. The monoisotopic (exact) mass is 341 g/mol. The maximum atomic E-state index is 12.3. The van der Waals surface area contributed by atoms with Crippen LogP contribution in [-0.2, 0) is 4.79 Å². The van der Waals surface area contributed by atoms with Crippen molar-refractivity contribution in [1.82, 2.24) is 0 Å². The van der Waals surface area contributed by atoms with E-state index in [1.165, 1.54) is 0 Å². The van der Waals surface area contributed by atoms with Gasteiger partial charge in [0.05, 0.1) is 20.8 Å².